The second-order valence-corrected chi connectivity index (χ2v) is 12.2. The van der Waals surface area contributed by atoms with Crippen LogP contribution in [-0.4, -0.2) is 16.7 Å². The predicted molar refractivity (Wildman–Crippen MR) is 187 cm³/mol. The zero-order chi connectivity index (χ0) is 31.4. The number of imidazole rings is 1. The van der Waals surface area contributed by atoms with E-state index < -0.39 is 0 Å². The fourth-order valence-corrected chi connectivity index (χ4v) is 6.80. The highest BCUT2D eigenvalue weighted by Crippen LogP contribution is 2.55. The van der Waals surface area contributed by atoms with Crippen LogP contribution in [0.5, 0.6) is 17.2 Å². The van der Waals surface area contributed by atoms with Crippen molar-refractivity contribution in [3.05, 3.63) is 145 Å². The van der Waals surface area contributed by atoms with Crippen LogP contribution in [0.15, 0.2) is 133 Å². The van der Waals surface area contributed by atoms with E-state index in [1.54, 1.807) is 7.11 Å². The number of benzene rings is 6. The number of para-hydroxylation sites is 4. The molecule has 46 heavy (non-hydrogen) atoms. The Labute approximate surface area is 268 Å². The van der Waals surface area contributed by atoms with Crippen molar-refractivity contribution in [2.75, 3.05) is 12.8 Å². The van der Waals surface area contributed by atoms with Gasteiger partial charge in [0.15, 0.2) is 5.75 Å². The number of hydrogen-bond donors (Lipinski definition) is 1. The zero-order valence-corrected chi connectivity index (χ0v) is 26.0. The molecule has 7 aromatic rings. The maximum absolute atomic E-state index is 6.80. The van der Waals surface area contributed by atoms with E-state index >= 15 is 0 Å². The van der Waals surface area contributed by atoms with Gasteiger partial charge in [0, 0.05) is 33.4 Å². The van der Waals surface area contributed by atoms with E-state index in [2.05, 4.69) is 122 Å². The first kappa shape index (κ1) is 27.7. The molecule has 0 amide bonds. The van der Waals surface area contributed by atoms with Crippen LogP contribution in [0.2, 0.25) is 0 Å². The number of nitrogen functional groups attached to an aromatic ring is 1. The van der Waals surface area contributed by atoms with Gasteiger partial charge in [-0.3, -0.25) is 4.57 Å². The van der Waals surface area contributed by atoms with Crippen LogP contribution in [-0.2, 0) is 5.41 Å². The molecular formula is C41H33N3O2. The predicted octanol–water partition coefficient (Wildman–Crippen LogP) is 10.0. The third kappa shape index (κ3) is 4.35. The van der Waals surface area contributed by atoms with E-state index in [4.69, 9.17) is 20.2 Å². The minimum atomic E-state index is -0.371. The average molecular weight is 600 g/mol. The number of rotatable bonds is 5. The highest BCUT2D eigenvalue weighted by Gasteiger charge is 2.38. The Morgan fingerprint density at radius 1 is 0.652 bits per heavy atom. The summed E-state index contributed by atoms with van der Waals surface area (Å²) >= 11 is 0. The van der Waals surface area contributed by atoms with Crippen LogP contribution in [0.1, 0.15) is 25.0 Å². The van der Waals surface area contributed by atoms with Gasteiger partial charge in [-0.1, -0.05) is 105 Å². The summed E-state index contributed by atoms with van der Waals surface area (Å²) in [6, 6.07) is 45.8. The number of nitrogens with zero attached hydrogens (tertiary/aromatic N) is 2. The molecule has 0 aliphatic carbocycles. The van der Waals surface area contributed by atoms with Crippen LogP contribution in [0, 0.1) is 0 Å². The second-order valence-electron chi connectivity index (χ2n) is 12.2. The normalized spacial score (nSPS) is 13.1. The van der Waals surface area contributed by atoms with Gasteiger partial charge in [0.2, 0.25) is 0 Å². The second kappa shape index (κ2) is 10.7. The lowest BCUT2D eigenvalue weighted by atomic mass is 9.72. The zero-order valence-electron chi connectivity index (χ0n) is 26.0. The monoisotopic (exact) mass is 599 g/mol. The lowest BCUT2D eigenvalue weighted by Gasteiger charge is -2.37. The van der Waals surface area contributed by atoms with Crippen molar-refractivity contribution in [2.45, 2.75) is 19.3 Å². The molecule has 0 spiro atoms. The molecule has 0 fully saturated rings. The summed E-state index contributed by atoms with van der Waals surface area (Å²) in [5.74, 6) is 3.27. The minimum Gasteiger partial charge on any atom is -0.497 e. The first-order valence-electron chi connectivity index (χ1n) is 15.5. The summed E-state index contributed by atoms with van der Waals surface area (Å²) in [6.07, 6.45) is 0. The summed E-state index contributed by atoms with van der Waals surface area (Å²) < 4.78 is 14.4. The van der Waals surface area contributed by atoms with Crippen molar-refractivity contribution in [3.63, 3.8) is 0 Å². The molecule has 5 nitrogen and oxygen atoms in total. The van der Waals surface area contributed by atoms with Crippen molar-refractivity contribution in [1.29, 1.82) is 0 Å². The fourth-order valence-electron chi connectivity index (χ4n) is 6.80. The molecule has 224 valence electrons. The largest absolute Gasteiger partial charge is 0.497 e. The average Bonchev–Trinajstić information content (AvgIpc) is 3.49. The maximum atomic E-state index is 6.80. The molecule has 8 rings (SSSR count). The summed E-state index contributed by atoms with van der Waals surface area (Å²) in [5, 5.41) is 0. The maximum Gasteiger partial charge on any atom is 0.155 e. The smallest absolute Gasteiger partial charge is 0.155 e. The van der Waals surface area contributed by atoms with Crippen LogP contribution >= 0.6 is 0 Å². The Hall–Kier alpha value is -5.81. The lowest BCUT2D eigenvalue weighted by molar-refractivity contribution is 0.415. The standard InChI is InChI=1S/C41H33N3O2/c1-41(2)33-13-9-12-32(38(33)46-39-34(42)25-24-31(37(39)41)26-20-22-30(45-3)23-21-26)27-16-18-28(19-17-27)40-43-35-14-7-8-15-36(35)44(40)29-10-5-4-6-11-29/h4-25H,42H2,1-3H3. The van der Waals surface area contributed by atoms with E-state index in [1.807, 2.05) is 30.3 Å². The number of fused-ring (bicyclic) bond motifs is 3. The number of hydrogen-bond acceptors (Lipinski definition) is 4. The molecule has 2 heterocycles. The molecule has 0 atom stereocenters. The minimum absolute atomic E-state index is 0.371. The highest BCUT2D eigenvalue weighted by molar-refractivity contribution is 5.86. The molecule has 6 aromatic carbocycles. The Morgan fingerprint density at radius 2 is 1.33 bits per heavy atom. The molecule has 1 aromatic heterocycles. The van der Waals surface area contributed by atoms with Crippen molar-refractivity contribution in [1.82, 2.24) is 9.55 Å². The summed E-state index contributed by atoms with van der Waals surface area (Å²) in [5.41, 5.74) is 17.5. The molecule has 0 saturated carbocycles. The van der Waals surface area contributed by atoms with Gasteiger partial charge in [0.05, 0.1) is 23.8 Å². The van der Waals surface area contributed by atoms with Crippen molar-refractivity contribution in [3.8, 4) is 56.6 Å². The van der Waals surface area contributed by atoms with E-state index in [1.165, 1.54) is 0 Å². The van der Waals surface area contributed by atoms with Crippen LogP contribution < -0.4 is 15.2 Å². The Balaban J connectivity index is 1.22. The molecular weight excluding hydrogens is 566 g/mol. The number of nitrogens with two attached hydrogens (primary N) is 1. The van der Waals surface area contributed by atoms with Gasteiger partial charge >= 0.3 is 0 Å². The van der Waals surface area contributed by atoms with Gasteiger partial charge < -0.3 is 15.2 Å². The molecule has 5 heteroatoms. The molecule has 2 N–H and O–H groups in total. The van der Waals surface area contributed by atoms with Crippen molar-refractivity contribution < 1.29 is 9.47 Å². The van der Waals surface area contributed by atoms with E-state index in [0.717, 1.165) is 73.0 Å². The van der Waals surface area contributed by atoms with Gasteiger partial charge in [0.25, 0.3) is 0 Å². The fraction of sp³-hybridized carbons (Fsp3) is 0.0976. The molecule has 0 unspecified atom stereocenters. The quantitative estimate of drug-likeness (QED) is 0.200. The topological polar surface area (TPSA) is 62.3 Å². The lowest BCUT2D eigenvalue weighted by Crippen LogP contribution is -2.26. The Kier molecular flexibility index (Phi) is 6.43. The first-order chi connectivity index (χ1) is 22.4. The number of ether oxygens (including phenoxy) is 2. The van der Waals surface area contributed by atoms with E-state index in [-0.39, 0.29) is 5.41 Å². The van der Waals surface area contributed by atoms with Crippen molar-refractivity contribution in [2.24, 2.45) is 0 Å². The summed E-state index contributed by atoms with van der Waals surface area (Å²) in [6.45, 7) is 4.50. The molecule has 1 aliphatic heterocycles. The number of methoxy groups -OCH3 is 1. The highest BCUT2D eigenvalue weighted by atomic mass is 16.5. The summed E-state index contributed by atoms with van der Waals surface area (Å²) in [4.78, 5) is 5.05. The Bertz CT molecular complexity index is 2230. The van der Waals surface area contributed by atoms with Crippen LogP contribution in [0.25, 0.3) is 50.4 Å². The third-order valence-electron chi connectivity index (χ3n) is 9.14. The van der Waals surface area contributed by atoms with Gasteiger partial charge in [-0.05, 0) is 59.2 Å². The van der Waals surface area contributed by atoms with Crippen LogP contribution in [0.3, 0.4) is 0 Å². The van der Waals surface area contributed by atoms with Gasteiger partial charge in [-0.2, -0.15) is 0 Å². The summed E-state index contributed by atoms with van der Waals surface area (Å²) in [7, 11) is 1.68. The molecule has 0 bridgehead atoms. The van der Waals surface area contributed by atoms with Gasteiger partial charge in [0.1, 0.15) is 17.3 Å². The molecule has 1 aliphatic rings. The third-order valence-corrected chi connectivity index (χ3v) is 9.14. The van der Waals surface area contributed by atoms with Gasteiger partial charge in [-0.25, -0.2) is 4.98 Å². The van der Waals surface area contributed by atoms with E-state index in [0.29, 0.717) is 11.4 Å². The SMILES string of the molecule is COc1ccc(-c2ccc(N)c3c2C(C)(C)c2cccc(-c4ccc(-c5nc6ccccc6n5-c5ccccc5)cc4)c2O3)cc1. The van der Waals surface area contributed by atoms with Gasteiger partial charge in [-0.15, -0.1) is 0 Å². The van der Waals surface area contributed by atoms with Crippen molar-refractivity contribution >= 4 is 16.7 Å². The molecule has 0 saturated heterocycles. The van der Waals surface area contributed by atoms with E-state index in [9.17, 15) is 0 Å². The number of aromatic nitrogens is 2. The van der Waals surface area contributed by atoms with Crippen LogP contribution in [0.4, 0.5) is 5.69 Å². The Morgan fingerprint density at radius 3 is 2.09 bits per heavy atom. The number of anilines is 1. The molecule has 0 radical (unpaired) electrons. The first-order valence-corrected chi connectivity index (χ1v) is 15.5.